The molecule has 0 spiro atoms. The average Bonchev–Trinajstić information content (AvgIpc) is 3.10. The van der Waals surface area contributed by atoms with Gasteiger partial charge in [0.25, 0.3) is 6.01 Å². The fourth-order valence-electron chi connectivity index (χ4n) is 3.43. The van der Waals surface area contributed by atoms with Crippen molar-refractivity contribution in [1.82, 2.24) is 19.7 Å². The molecule has 0 bridgehead atoms. The molecule has 0 radical (unpaired) electrons. The molecule has 120 valence electrons. The molecule has 0 fully saturated rings. The molecular formula is C17H21N5O. The minimum Gasteiger partial charge on any atom is -0.423 e. The lowest BCUT2D eigenvalue weighted by atomic mass is 10.0. The van der Waals surface area contributed by atoms with Crippen molar-refractivity contribution in [2.75, 3.05) is 11.4 Å². The SMILES string of the molecule is Cc1nnc2n1[C@@H](CC(C)C)CN(c1nc3ccccc3o1)C2. The molecule has 0 N–H and O–H groups in total. The molecule has 23 heavy (non-hydrogen) atoms. The van der Waals surface area contributed by atoms with Crippen LogP contribution in [0.1, 0.15) is 38.0 Å². The fraction of sp³-hybridized carbons (Fsp3) is 0.471. The standard InChI is InChI=1S/C17H21N5O/c1-11(2)8-13-9-21(10-16-20-19-12(3)22(13)16)17-18-14-6-4-5-7-15(14)23-17/h4-7,11,13H,8-10H2,1-3H3/t13-/m0/s1. The van der Waals surface area contributed by atoms with E-state index in [9.17, 15) is 0 Å². The number of hydrogen-bond donors (Lipinski definition) is 0. The molecule has 4 rings (SSSR count). The van der Waals surface area contributed by atoms with Gasteiger partial charge in [-0.25, -0.2) is 0 Å². The Morgan fingerprint density at radius 3 is 2.87 bits per heavy atom. The zero-order valence-corrected chi connectivity index (χ0v) is 13.7. The molecule has 6 heteroatoms. The zero-order chi connectivity index (χ0) is 16.0. The number of hydrogen-bond acceptors (Lipinski definition) is 5. The molecular weight excluding hydrogens is 290 g/mol. The van der Waals surface area contributed by atoms with Gasteiger partial charge in [-0.05, 0) is 31.4 Å². The molecule has 2 aromatic heterocycles. The van der Waals surface area contributed by atoms with E-state index in [1.165, 1.54) is 0 Å². The van der Waals surface area contributed by atoms with Crippen LogP contribution in [-0.2, 0) is 6.54 Å². The number of aryl methyl sites for hydroxylation is 1. The zero-order valence-electron chi connectivity index (χ0n) is 13.7. The third kappa shape index (κ3) is 2.48. The molecule has 0 saturated carbocycles. The van der Waals surface area contributed by atoms with Crippen LogP contribution in [0.25, 0.3) is 11.1 Å². The summed E-state index contributed by atoms with van der Waals surface area (Å²) in [5.41, 5.74) is 1.72. The predicted molar refractivity (Wildman–Crippen MR) is 88.3 cm³/mol. The maximum atomic E-state index is 5.94. The molecule has 6 nitrogen and oxygen atoms in total. The lowest BCUT2D eigenvalue weighted by Crippen LogP contribution is -2.38. The van der Waals surface area contributed by atoms with Crippen molar-refractivity contribution in [3.8, 4) is 0 Å². The third-order valence-corrected chi connectivity index (χ3v) is 4.36. The monoisotopic (exact) mass is 311 g/mol. The Labute approximate surface area is 135 Å². The van der Waals surface area contributed by atoms with Crippen molar-refractivity contribution in [1.29, 1.82) is 0 Å². The van der Waals surface area contributed by atoms with E-state index < -0.39 is 0 Å². The lowest BCUT2D eigenvalue weighted by molar-refractivity contribution is 0.348. The first kappa shape index (κ1) is 14.2. The highest BCUT2D eigenvalue weighted by Gasteiger charge is 2.30. The molecule has 1 atom stereocenters. The summed E-state index contributed by atoms with van der Waals surface area (Å²) in [4.78, 5) is 6.81. The van der Waals surface area contributed by atoms with E-state index in [1.807, 2.05) is 31.2 Å². The second-order valence-corrected chi connectivity index (χ2v) is 6.66. The first-order valence-electron chi connectivity index (χ1n) is 8.12. The predicted octanol–water partition coefficient (Wildman–Crippen LogP) is 3.34. The Hall–Kier alpha value is -2.37. The van der Waals surface area contributed by atoms with Crippen LogP contribution < -0.4 is 4.90 Å². The smallest absolute Gasteiger partial charge is 0.298 e. The molecule has 1 aliphatic heterocycles. The van der Waals surface area contributed by atoms with Crippen LogP contribution >= 0.6 is 0 Å². The molecule has 0 unspecified atom stereocenters. The number of nitrogens with zero attached hydrogens (tertiary/aromatic N) is 5. The first-order valence-corrected chi connectivity index (χ1v) is 8.12. The topological polar surface area (TPSA) is 60.0 Å². The molecule has 0 saturated heterocycles. The average molecular weight is 311 g/mol. The molecule has 0 amide bonds. The van der Waals surface area contributed by atoms with Gasteiger partial charge in [-0.3, -0.25) is 0 Å². The Kier molecular flexibility index (Phi) is 3.32. The number of rotatable bonds is 3. The maximum absolute atomic E-state index is 5.94. The van der Waals surface area contributed by atoms with E-state index in [1.54, 1.807) is 0 Å². The van der Waals surface area contributed by atoms with E-state index in [-0.39, 0.29) is 0 Å². The minimum absolute atomic E-state index is 0.351. The summed E-state index contributed by atoms with van der Waals surface area (Å²) in [5.74, 6) is 2.59. The Balaban J connectivity index is 1.70. The second kappa shape index (κ2) is 5.37. The number of fused-ring (bicyclic) bond motifs is 2. The van der Waals surface area contributed by atoms with Gasteiger partial charge >= 0.3 is 0 Å². The lowest BCUT2D eigenvalue weighted by Gasteiger charge is -2.34. The summed E-state index contributed by atoms with van der Waals surface area (Å²) in [6.45, 7) is 8.08. The molecule has 3 aromatic rings. The van der Waals surface area contributed by atoms with Gasteiger partial charge in [0.05, 0.1) is 12.6 Å². The van der Waals surface area contributed by atoms with E-state index >= 15 is 0 Å². The Bertz CT molecular complexity index is 801. The molecule has 1 aliphatic rings. The van der Waals surface area contributed by atoms with Gasteiger partial charge in [-0.1, -0.05) is 26.0 Å². The molecule has 0 aliphatic carbocycles. The van der Waals surface area contributed by atoms with Gasteiger partial charge in [-0.15, -0.1) is 10.2 Å². The van der Waals surface area contributed by atoms with Gasteiger partial charge in [0.1, 0.15) is 11.3 Å². The van der Waals surface area contributed by atoms with E-state index in [4.69, 9.17) is 4.42 Å². The van der Waals surface area contributed by atoms with E-state index in [0.29, 0.717) is 24.5 Å². The third-order valence-electron chi connectivity index (χ3n) is 4.36. The van der Waals surface area contributed by atoms with Crippen LogP contribution in [0.5, 0.6) is 0 Å². The van der Waals surface area contributed by atoms with Gasteiger partial charge in [0.15, 0.2) is 11.4 Å². The summed E-state index contributed by atoms with van der Waals surface area (Å²) in [7, 11) is 0. The number of benzene rings is 1. The van der Waals surface area contributed by atoms with Gasteiger partial charge < -0.3 is 13.9 Å². The van der Waals surface area contributed by atoms with Crippen LogP contribution in [0.3, 0.4) is 0 Å². The maximum Gasteiger partial charge on any atom is 0.298 e. The highest BCUT2D eigenvalue weighted by atomic mass is 16.4. The van der Waals surface area contributed by atoms with Gasteiger partial charge in [-0.2, -0.15) is 4.98 Å². The van der Waals surface area contributed by atoms with Crippen molar-refractivity contribution in [3.63, 3.8) is 0 Å². The quantitative estimate of drug-likeness (QED) is 0.742. The molecule has 1 aromatic carbocycles. The highest BCUT2D eigenvalue weighted by molar-refractivity contribution is 5.74. The summed E-state index contributed by atoms with van der Waals surface area (Å²) < 4.78 is 8.22. The largest absolute Gasteiger partial charge is 0.423 e. The van der Waals surface area contributed by atoms with Crippen LogP contribution in [0.15, 0.2) is 28.7 Å². The number of anilines is 1. The van der Waals surface area contributed by atoms with Crippen LogP contribution in [-0.4, -0.2) is 26.3 Å². The minimum atomic E-state index is 0.351. The fourth-order valence-corrected chi connectivity index (χ4v) is 3.43. The van der Waals surface area contributed by atoms with Gasteiger partial charge in [0, 0.05) is 6.54 Å². The summed E-state index contributed by atoms with van der Waals surface area (Å²) in [5, 5.41) is 8.61. The Morgan fingerprint density at radius 1 is 1.26 bits per heavy atom. The highest BCUT2D eigenvalue weighted by Crippen LogP contribution is 2.31. The van der Waals surface area contributed by atoms with Crippen LogP contribution in [0, 0.1) is 12.8 Å². The number of oxazole rings is 1. The van der Waals surface area contributed by atoms with Crippen molar-refractivity contribution in [3.05, 3.63) is 35.9 Å². The normalized spacial score (nSPS) is 17.9. The van der Waals surface area contributed by atoms with Crippen LogP contribution in [0.2, 0.25) is 0 Å². The van der Waals surface area contributed by atoms with E-state index in [0.717, 1.165) is 35.7 Å². The van der Waals surface area contributed by atoms with Crippen molar-refractivity contribution in [2.24, 2.45) is 5.92 Å². The van der Waals surface area contributed by atoms with Gasteiger partial charge in [0.2, 0.25) is 0 Å². The molecule has 3 heterocycles. The van der Waals surface area contributed by atoms with Crippen molar-refractivity contribution < 1.29 is 4.42 Å². The summed E-state index contributed by atoms with van der Waals surface area (Å²) in [6.07, 6.45) is 1.09. The number of para-hydroxylation sites is 2. The van der Waals surface area contributed by atoms with E-state index in [2.05, 4.69) is 38.5 Å². The van der Waals surface area contributed by atoms with Crippen molar-refractivity contribution >= 4 is 17.1 Å². The second-order valence-electron chi connectivity index (χ2n) is 6.66. The summed E-state index contributed by atoms with van der Waals surface area (Å²) in [6, 6.07) is 8.90. The Morgan fingerprint density at radius 2 is 2.09 bits per heavy atom. The summed E-state index contributed by atoms with van der Waals surface area (Å²) >= 11 is 0. The van der Waals surface area contributed by atoms with Crippen molar-refractivity contribution in [2.45, 2.75) is 39.8 Å². The number of aromatic nitrogens is 4. The van der Waals surface area contributed by atoms with Crippen LogP contribution in [0.4, 0.5) is 6.01 Å². The first-order chi connectivity index (χ1) is 11.1.